The fourth-order valence-corrected chi connectivity index (χ4v) is 1.18. The zero-order valence-electron chi connectivity index (χ0n) is 4.97. The minimum Gasteiger partial charge on any atom is -0.653 e. The van der Waals surface area contributed by atoms with Crippen molar-refractivity contribution in [3.05, 3.63) is 28.2 Å². The monoisotopic (exact) mass is 188 g/mol. The predicted molar refractivity (Wildman–Crippen MR) is 42.8 cm³/mol. The first kappa shape index (κ1) is 8.23. The van der Waals surface area contributed by atoms with E-state index in [-0.39, 0.29) is 0 Å². The molecule has 0 fully saturated rings. The third kappa shape index (κ3) is 1.59. The van der Waals surface area contributed by atoms with Gasteiger partial charge in [0.15, 0.2) is 0 Å². The van der Waals surface area contributed by atoms with Crippen LogP contribution in [0.2, 0.25) is 10.0 Å². The molecular formula is C6H3AlCl2O. The first-order valence-electron chi connectivity index (χ1n) is 2.56. The van der Waals surface area contributed by atoms with Gasteiger partial charge in [-0.3, -0.25) is 0 Å². The van der Waals surface area contributed by atoms with Crippen molar-refractivity contribution in [1.29, 1.82) is 0 Å². The highest BCUT2D eigenvalue weighted by Crippen LogP contribution is 2.30. The molecule has 0 unspecified atom stereocenters. The van der Waals surface area contributed by atoms with E-state index < -0.39 is 0 Å². The van der Waals surface area contributed by atoms with Gasteiger partial charge < -0.3 is 3.79 Å². The Labute approximate surface area is 77.7 Å². The highest BCUT2D eigenvalue weighted by molar-refractivity contribution is 6.43. The second-order valence-corrected chi connectivity index (χ2v) is 2.69. The fraction of sp³-hybridized carbons (Fsp3) is 0. The number of hydrogen-bond donors (Lipinski definition) is 0. The molecule has 0 saturated carbocycles. The molecule has 1 aromatic carbocycles. The maximum atomic E-state index is 5.72. The van der Waals surface area contributed by atoms with Gasteiger partial charge in [0.25, 0.3) is 0 Å². The third-order valence-corrected chi connectivity index (χ3v) is 2.10. The van der Waals surface area contributed by atoms with E-state index in [1.807, 2.05) is 0 Å². The molecule has 0 N–H and O–H groups in total. The summed E-state index contributed by atoms with van der Waals surface area (Å²) in [6, 6.07) is 5.21. The number of halogens is 2. The zero-order chi connectivity index (χ0) is 7.56. The highest BCUT2D eigenvalue weighted by atomic mass is 35.5. The van der Waals surface area contributed by atoms with Gasteiger partial charge in [0, 0.05) is 0 Å². The van der Waals surface area contributed by atoms with Gasteiger partial charge >= 0.3 is 16.6 Å². The summed E-state index contributed by atoms with van der Waals surface area (Å²) < 4.78 is 4.83. The molecule has 0 aliphatic heterocycles. The van der Waals surface area contributed by atoms with Crippen LogP contribution in [0.25, 0.3) is 0 Å². The molecule has 50 valence electrons. The summed E-state index contributed by atoms with van der Waals surface area (Å²) in [7, 11) is 0. The number of rotatable bonds is 1. The second kappa shape index (κ2) is 3.50. The molecule has 0 bridgehead atoms. The Morgan fingerprint density at radius 2 is 2.00 bits per heavy atom. The minimum absolute atomic E-state index is 0.444. The Morgan fingerprint density at radius 1 is 1.30 bits per heavy atom. The van der Waals surface area contributed by atoms with Gasteiger partial charge in [0.1, 0.15) is 5.75 Å². The predicted octanol–water partition coefficient (Wildman–Crippen LogP) is 2.46. The summed E-state index contributed by atoms with van der Waals surface area (Å²) in [5.74, 6) is 0.569. The summed E-state index contributed by atoms with van der Waals surface area (Å²) in [4.78, 5) is 0. The normalized spacial score (nSPS) is 9.40. The molecule has 10 heavy (non-hydrogen) atoms. The zero-order valence-corrected chi connectivity index (χ0v) is 7.64. The van der Waals surface area contributed by atoms with Gasteiger partial charge in [-0.05, 0) is 12.1 Å². The van der Waals surface area contributed by atoms with Gasteiger partial charge in [-0.25, -0.2) is 0 Å². The van der Waals surface area contributed by atoms with Crippen molar-refractivity contribution in [2.75, 3.05) is 0 Å². The van der Waals surface area contributed by atoms with Crippen LogP contribution >= 0.6 is 23.2 Å². The van der Waals surface area contributed by atoms with E-state index in [1.165, 1.54) is 0 Å². The van der Waals surface area contributed by atoms with Crippen LogP contribution in [0.3, 0.4) is 0 Å². The molecule has 0 aromatic heterocycles. The summed E-state index contributed by atoms with van der Waals surface area (Å²) >= 11 is 13.5. The second-order valence-electron chi connectivity index (χ2n) is 1.67. The van der Waals surface area contributed by atoms with E-state index in [2.05, 4.69) is 16.6 Å². The smallest absolute Gasteiger partial charge is 0.482 e. The molecule has 0 heterocycles. The van der Waals surface area contributed by atoms with Crippen molar-refractivity contribution in [3.8, 4) is 5.75 Å². The molecule has 1 rings (SSSR count). The van der Waals surface area contributed by atoms with Gasteiger partial charge in [-0.15, -0.1) is 0 Å². The van der Waals surface area contributed by atoms with Crippen molar-refractivity contribution in [3.63, 3.8) is 0 Å². The van der Waals surface area contributed by atoms with E-state index >= 15 is 0 Å². The molecule has 0 aliphatic carbocycles. The molecular weight excluding hydrogens is 186 g/mol. The molecule has 1 nitrogen and oxygen atoms in total. The van der Waals surface area contributed by atoms with Crippen molar-refractivity contribution in [1.82, 2.24) is 0 Å². The van der Waals surface area contributed by atoms with Crippen LogP contribution in [0.4, 0.5) is 0 Å². The SMILES string of the molecule is [Al][O]c1cccc(Cl)c1Cl. The number of hydrogen-bond acceptors (Lipinski definition) is 1. The lowest BCUT2D eigenvalue weighted by atomic mass is 10.3. The molecule has 1 aromatic rings. The first-order valence-corrected chi connectivity index (χ1v) is 3.79. The molecule has 2 radical (unpaired) electrons. The Bertz CT molecular complexity index is 239. The maximum absolute atomic E-state index is 5.72. The lowest BCUT2D eigenvalue weighted by Gasteiger charge is -2.04. The minimum atomic E-state index is 0.444. The van der Waals surface area contributed by atoms with E-state index in [1.54, 1.807) is 18.2 Å². The summed E-state index contributed by atoms with van der Waals surface area (Å²) in [6.07, 6.45) is 0. The van der Waals surface area contributed by atoms with Gasteiger partial charge in [0.05, 0.1) is 10.0 Å². The van der Waals surface area contributed by atoms with Crippen LogP contribution in [-0.4, -0.2) is 16.6 Å². The van der Waals surface area contributed by atoms with E-state index in [0.717, 1.165) is 0 Å². The van der Waals surface area contributed by atoms with Crippen LogP contribution in [0.15, 0.2) is 18.2 Å². The lowest BCUT2D eigenvalue weighted by molar-refractivity contribution is 0.616. The van der Waals surface area contributed by atoms with Gasteiger partial charge in [-0.1, -0.05) is 29.3 Å². The number of benzene rings is 1. The van der Waals surface area contributed by atoms with E-state index in [4.69, 9.17) is 27.0 Å². The van der Waals surface area contributed by atoms with Crippen molar-refractivity contribution < 1.29 is 3.79 Å². The molecule has 0 aliphatic rings. The van der Waals surface area contributed by atoms with Crippen LogP contribution in [0.1, 0.15) is 0 Å². The topological polar surface area (TPSA) is 9.23 Å². The first-order chi connectivity index (χ1) is 4.75. The Hall–Kier alpha value is 0.132. The standard InChI is InChI=1S/C6H4Cl2O.Al/c7-4-2-1-3-5(9)6(4)8;/h1-3,9H;/q;+1/p-1. The van der Waals surface area contributed by atoms with Crippen LogP contribution in [0.5, 0.6) is 5.75 Å². The molecule has 0 spiro atoms. The third-order valence-electron chi connectivity index (χ3n) is 1.04. The molecule has 0 atom stereocenters. The maximum Gasteiger partial charge on any atom is 0.482 e. The average molecular weight is 189 g/mol. The van der Waals surface area contributed by atoms with Crippen molar-refractivity contribution in [2.45, 2.75) is 0 Å². The Morgan fingerprint density at radius 3 is 2.50 bits per heavy atom. The van der Waals surface area contributed by atoms with Gasteiger partial charge in [-0.2, -0.15) is 0 Å². The van der Waals surface area contributed by atoms with Crippen molar-refractivity contribution >= 4 is 39.8 Å². The average Bonchev–Trinajstić information content (AvgIpc) is 1.95. The molecule has 4 heteroatoms. The summed E-state index contributed by atoms with van der Waals surface area (Å²) in [5.41, 5.74) is 0. The van der Waals surface area contributed by atoms with Crippen molar-refractivity contribution in [2.24, 2.45) is 0 Å². The van der Waals surface area contributed by atoms with Crippen LogP contribution in [-0.2, 0) is 0 Å². The van der Waals surface area contributed by atoms with E-state index in [0.29, 0.717) is 15.8 Å². The highest BCUT2D eigenvalue weighted by Gasteiger charge is 2.00. The fourth-order valence-electron chi connectivity index (χ4n) is 0.575. The largest absolute Gasteiger partial charge is 0.653 e. The molecule has 0 amide bonds. The quantitative estimate of drug-likeness (QED) is 0.616. The van der Waals surface area contributed by atoms with Crippen LogP contribution in [0, 0.1) is 0 Å². The Balaban J connectivity index is 3.14. The van der Waals surface area contributed by atoms with Crippen LogP contribution < -0.4 is 3.79 Å². The molecule has 0 saturated heterocycles. The lowest BCUT2D eigenvalue weighted by Crippen LogP contribution is -1.85. The van der Waals surface area contributed by atoms with Gasteiger partial charge in [0.2, 0.25) is 0 Å². The summed E-state index contributed by atoms with van der Waals surface area (Å²) in [6.45, 7) is 0. The summed E-state index contributed by atoms with van der Waals surface area (Å²) in [5, 5.41) is 0.945. The van der Waals surface area contributed by atoms with E-state index in [9.17, 15) is 0 Å². The Kier molecular flexibility index (Phi) is 2.88.